The Morgan fingerprint density at radius 1 is 1.33 bits per heavy atom. The summed E-state index contributed by atoms with van der Waals surface area (Å²) in [5, 5.41) is 15.3. The zero-order valence-corrected chi connectivity index (χ0v) is 14.3. The quantitative estimate of drug-likeness (QED) is 0.397. The maximum Gasteiger partial charge on any atom is 0.257 e. The number of nitrogens with zero attached hydrogens (tertiary/aromatic N) is 5. The summed E-state index contributed by atoms with van der Waals surface area (Å²) in [6.07, 6.45) is 4.94. The van der Waals surface area contributed by atoms with Gasteiger partial charge in [0.1, 0.15) is 12.7 Å². The summed E-state index contributed by atoms with van der Waals surface area (Å²) in [5.74, 6) is 0.550. The van der Waals surface area contributed by atoms with Crippen LogP contribution in [0.5, 0.6) is 0 Å². The SMILES string of the molecule is C=CCSc1nnc(NC(=O)c2ccc(Cn3cncn3)cc2)s1. The van der Waals surface area contributed by atoms with E-state index in [1.807, 2.05) is 12.1 Å². The van der Waals surface area contributed by atoms with Crippen molar-refractivity contribution in [2.45, 2.75) is 10.9 Å². The van der Waals surface area contributed by atoms with Gasteiger partial charge in [-0.2, -0.15) is 5.10 Å². The van der Waals surface area contributed by atoms with Gasteiger partial charge in [-0.15, -0.1) is 16.8 Å². The minimum absolute atomic E-state index is 0.210. The molecule has 0 fully saturated rings. The van der Waals surface area contributed by atoms with E-state index in [9.17, 15) is 4.79 Å². The van der Waals surface area contributed by atoms with Crippen LogP contribution in [-0.2, 0) is 6.54 Å². The average molecular weight is 358 g/mol. The van der Waals surface area contributed by atoms with Crippen LogP contribution in [0.1, 0.15) is 15.9 Å². The first kappa shape index (κ1) is 16.3. The third-order valence-corrected chi connectivity index (χ3v) is 4.95. The Balaban J connectivity index is 1.60. The third-order valence-electron chi connectivity index (χ3n) is 2.98. The van der Waals surface area contributed by atoms with Gasteiger partial charge in [0.05, 0.1) is 6.54 Å². The molecular formula is C15H14N6OS2. The van der Waals surface area contributed by atoms with Crippen LogP contribution in [-0.4, -0.2) is 36.6 Å². The Morgan fingerprint density at radius 3 is 2.88 bits per heavy atom. The molecular weight excluding hydrogens is 344 g/mol. The largest absolute Gasteiger partial charge is 0.296 e. The predicted molar refractivity (Wildman–Crippen MR) is 94.3 cm³/mol. The van der Waals surface area contributed by atoms with Gasteiger partial charge in [0.15, 0.2) is 4.34 Å². The molecule has 1 N–H and O–H groups in total. The second-order valence-electron chi connectivity index (χ2n) is 4.72. The number of thioether (sulfide) groups is 1. The summed E-state index contributed by atoms with van der Waals surface area (Å²) in [6.45, 7) is 4.27. The highest BCUT2D eigenvalue weighted by molar-refractivity contribution is 8.01. The zero-order valence-electron chi connectivity index (χ0n) is 12.6. The van der Waals surface area contributed by atoms with Crippen molar-refractivity contribution in [3.63, 3.8) is 0 Å². The van der Waals surface area contributed by atoms with Crippen LogP contribution >= 0.6 is 23.1 Å². The molecule has 2 aromatic heterocycles. The van der Waals surface area contributed by atoms with Gasteiger partial charge in [0, 0.05) is 11.3 Å². The van der Waals surface area contributed by atoms with Gasteiger partial charge in [-0.1, -0.05) is 41.3 Å². The molecule has 0 aliphatic carbocycles. The maximum absolute atomic E-state index is 12.2. The van der Waals surface area contributed by atoms with Crippen molar-refractivity contribution in [2.75, 3.05) is 11.1 Å². The number of anilines is 1. The van der Waals surface area contributed by atoms with E-state index in [-0.39, 0.29) is 5.91 Å². The topological polar surface area (TPSA) is 85.6 Å². The first-order valence-corrected chi connectivity index (χ1v) is 8.84. The number of aromatic nitrogens is 5. The molecule has 0 saturated carbocycles. The first-order chi connectivity index (χ1) is 11.7. The molecule has 0 saturated heterocycles. The van der Waals surface area contributed by atoms with Crippen LogP contribution < -0.4 is 5.32 Å². The lowest BCUT2D eigenvalue weighted by Crippen LogP contribution is -2.11. The second kappa shape index (κ2) is 7.84. The smallest absolute Gasteiger partial charge is 0.257 e. The first-order valence-electron chi connectivity index (χ1n) is 7.04. The lowest BCUT2D eigenvalue weighted by atomic mass is 10.1. The molecule has 2 heterocycles. The van der Waals surface area contributed by atoms with E-state index in [1.165, 1.54) is 29.4 Å². The fourth-order valence-electron chi connectivity index (χ4n) is 1.88. The van der Waals surface area contributed by atoms with Crippen molar-refractivity contribution >= 4 is 34.1 Å². The summed E-state index contributed by atoms with van der Waals surface area (Å²) in [5.41, 5.74) is 1.60. The summed E-state index contributed by atoms with van der Waals surface area (Å²) in [6, 6.07) is 7.33. The average Bonchev–Trinajstić information content (AvgIpc) is 3.25. The molecule has 1 amide bonds. The van der Waals surface area contributed by atoms with E-state index in [0.717, 1.165) is 15.7 Å². The molecule has 122 valence electrons. The highest BCUT2D eigenvalue weighted by Crippen LogP contribution is 2.25. The molecule has 0 bridgehead atoms. The molecule has 0 aliphatic rings. The van der Waals surface area contributed by atoms with E-state index in [0.29, 0.717) is 17.2 Å². The highest BCUT2D eigenvalue weighted by Gasteiger charge is 2.10. The maximum atomic E-state index is 12.2. The van der Waals surface area contributed by atoms with Gasteiger partial charge >= 0.3 is 0 Å². The monoisotopic (exact) mass is 358 g/mol. The summed E-state index contributed by atoms with van der Waals surface area (Å²) < 4.78 is 2.52. The van der Waals surface area contributed by atoms with Gasteiger partial charge in [0.25, 0.3) is 5.91 Å². The third kappa shape index (κ3) is 4.27. The van der Waals surface area contributed by atoms with Crippen LogP contribution in [0.4, 0.5) is 5.13 Å². The number of hydrogen-bond donors (Lipinski definition) is 1. The molecule has 24 heavy (non-hydrogen) atoms. The lowest BCUT2D eigenvalue weighted by Gasteiger charge is -2.04. The van der Waals surface area contributed by atoms with Crippen molar-refractivity contribution in [3.05, 3.63) is 60.7 Å². The molecule has 3 aromatic rings. The van der Waals surface area contributed by atoms with Crippen LogP contribution in [0.2, 0.25) is 0 Å². The van der Waals surface area contributed by atoms with E-state index >= 15 is 0 Å². The van der Waals surface area contributed by atoms with E-state index < -0.39 is 0 Å². The number of rotatable bonds is 7. The van der Waals surface area contributed by atoms with Crippen molar-refractivity contribution in [1.82, 2.24) is 25.0 Å². The van der Waals surface area contributed by atoms with Crippen LogP contribution in [0.15, 0.2) is 53.9 Å². The number of carbonyl (C=O) groups is 1. The Kier molecular flexibility index (Phi) is 5.34. The van der Waals surface area contributed by atoms with Crippen molar-refractivity contribution in [1.29, 1.82) is 0 Å². The highest BCUT2D eigenvalue weighted by atomic mass is 32.2. The van der Waals surface area contributed by atoms with Crippen LogP contribution in [0, 0.1) is 0 Å². The van der Waals surface area contributed by atoms with Crippen molar-refractivity contribution < 1.29 is 4.79 Å². The standard InChI is InChI=1S/C15H14N6OS2/c1-2-7-23-15-20-19-14(24-15)18-13(22)12-5-3-11(4-6-12)8-21-10-16-9-17-21/h2-6,9-10H,1,7-8H2,(H,18,19,22). The number of carbonyl (C=O) groups excluding carboxylic acids is 1. The minimum Gasteiger partial charge on any atom is -0.296 e. The molecule has 0 aliphatic heterocycles. The van der Waals surface area contributed by atoms with Crippen LogP contribution in [0.3, 0.4) is 0 Å². The number of nitrogens with one attached hydrogen (secondary N) is 1. The Morgan fingerprint density at radius 2 is 2.17 bits per heavy atom. The number of amides is 1. The molecule has 7 nitrogen and oxygen atoms in total. The minimum atomic E-state index is -0.210. The molecule has 0 spiro atoms. The molecule has 0 radical (unpaired) electrons. The number of hydrogen-bond acceptors (Lipinski definition) is 7. The van der Waals surface area contributed by atoms with E-state index in [4.69, 9.17) is 0 Å². The van der Waals surface area contributed by atoms with E-state index in [2.05, 4.69) is 32.2 Å². The molecule has 0 unspecified atom stereocenters. The summed E-state index contributed by atoms with van der Waals surface area (Å²) in [7, 11) is 0. The number of benzene rings is 1. The van der Waals surface area contributed by atoms with Crippen molar-refractivity contribution in [2.24, 2.45) is 0 Å². The molecule has 3 rings (SSSR count). The summed E-state index contributed by atoms with van der Waals surface area (Å²) in [4.78, 5) is 16.1. The van der Waals surface area contributed by atoms with Crippen molar-refractivity contribution in [3.8, 4) is 0 Å². The van der Waals surface area contributed by atoms with Gasteiger partial charge in [-0.25, -0.2) is 9.67 Å². The zero-order chi connectivity index (χ0) is 16.8. The predicted octanol–water partition coefficient (Wildman–Crippen LogP) is 2.71. The van der Waals surface area contributed by atoms with Crippen LogP contribution in [0.25, 0.3) is 0 Å². The van der Waals surface area contributed by atoms with Gasteiger partial charge < -0.3 is 0 Å². The molecule has 0 atom stereocenters. The second-order valence-corrected chi connectivity index (χ2v) is 6.96. The normalized spacial score (nSPS) is 10.5. The fourth-order valence-corrected chi connectivity index (χ4v) is 3.39. The van der Waals surface area contributed by atoms with Gasteiger partial charge in [-0.3, -0.25) is 10.1 Å². The lowest BCUT2D eigenvalue weighted by molar-refractivity contribution is 0.102. The molecule has 1 aromatic carbocycles. The summed E-state index contributed by atoms with van der Waals surface area (Å²) >= 11 is 2.87. The Hall–Kier alpha value is -2.52. The van der Waals surface area contributed by atoms with E-state index in [1.54, 1.807) is 29.2 Å². The Labute approximate surface area is 146 Å². The fraction of sp³-hybridized carbons (Fsp3) is 0.133. The Bertz CT molecular complexity index is 813. The van der Waals surface area contributed by atoms with Gasteiger partial charge in [-0.05, 0) is 17.7 Å². The molecule has 9 heteroatoms. The van der Waals surface area contributed by atoms with Gasteiger partial charge in [0.2, 0.25) is 5.13 Å².